The Morgan fingerprint density at radius 3 is 2.31 bits per heavy atom. The Morgan fingerprint density at radius 2 is 1.72 bits per heavy atom. The molecule has 0 spiro atoms. The summed E-state index contributed by atoms with van der Waals surface area (Å²) in [7, 11) is -2.48. The zero-order valence-corrected chi connectivity index (χ0v) is 19.9. The Balaban J connectivity index is 1.72. The van der Waals surface area contributed by atoms with Crippen LogP contribution in [0.1, 0.15) is 25.3 Å². The highest BCUT2D eigenvalue weighted by Crippen LogP contribution is 2.19. The Labute approximate surface area is 192 Å². The highest BCUT2D eigenvalue weighted by Gasteiger charge is 2.27. The molecule has 0 saturated heterocycles. The predicted octanol–water partition coefficient (Wildman–Crippen LogP) is 3.76. The topological polar surface area (TPSA) is 96.6 Å². The lowest BCUT2D eigenvalue weighted by Crippen LogP contribution is -2.43. The Bertz CT molecular complexity index is 1180. The van der Waals surface area contributed by atoms with Crippen LogP contribution in [0.4, 0.5) is 0 Å². The number of aromatic nitrogens is 2. The first kappa shape index (κ1) is 23.9. The number of hydrogen-bond acceptors (Lipinski definition) is 6. The van der Waals surface area contributed by atoms with Gasteiger partial charge in [-0.25, -0.2) is 8.42 Å². The minimum absolute atomic E-state index is 0.0629. The second-order valence-electron chi connectivity index (χ2n) is 7.71. The molecule has 0 aliphatic carbocycles. The molecule has 2 aromatic carbocycles. The number of rotatable bonds is 8. The van der Waals surface area contributed by atoms with Crippen LogP contribution in [-0.2, 0) is 21.4 Å². The summed E-state index contributed by atoms with van der Waals surface area (Å²) >= 11 is 5.84. The van der Waals surface area contributed by atoms with E-state index in [0.717, 1.165) is 15.4 Å². The number of sulfonamides is 1. The number of benzene rings is 2. The van der Waals surface area contributed by atoms with Crippen LogP contribution in [0.25, 0.3) is 11.4 Å². The standard InChI is InChI=1S/C22H25ClN4O4S/c1-15(2)27(13-20-24-22(25-31-20)17-7-5-16(3)6-8-17)21(28)14-26(4)32(29,30)19-11-9-18(23)10-12-19/h5-12,15H,13-14H2,1-4H3. The first-order valence-electron chi connectivity index (χ1n) is 9.99. The van der Waals surface area contributed by atoms with Gasteiger partial charge in [-0.2, -0.15) is 9.29 Å². The van der Waals surface area contributed by atoms with Gasteiger partial charge in [0.1, 0.15) is 6.54 Å². The summed E-state index contributed by atoms with van der Waals surface area (Å²) in [5.41, 5.74) is 1.92. The molecular formula is C22H25ClN4O4S. The molecule has 0 saturated carbocycles. The van der Waals surface area contributed by atoms with Gasteiger partial charge in [0.25, 0.3) is 0 Å². The maximum atomic E-state index is 13.0. The normalized spacial score (nSPS) is 11.8. The van der Waals surface area contributed by atoms with Crippen LogP contribution in [-0.4, -0.2) is 53.3 Å². The van der Waals surface area contributed by atoms with E-state index in [9.17, 15) is 13.2 Å². The van der Waals surface area contributed by atoms with Crippen LogP contribution in [0, 0.1) is 6.92 Å². The molecule has 1 amide bonds. The van der Waals surface area contributed by atoms with Crippen molar-refractivity contribution in [2.45, 2.75) is 38.3 Å². The van der Waals surface area contributed by atoms with Crippen molar-refractivity contribution >= 4 is 27.5 Å². The zero-order valence-electron chi connectivity index (χ0n) is 18.3. The minimum atomic E-state index is -3.84. The molecule has 0 aliphatic rings. The fourth-order valence-corrected chi connectivity index (χ4v) is 4.24. The number of nitrogens with zero attached hydrogens (tertiary/aromatic N) is 4. The predicted molar refractivity (Wildman–Crippen MR) is 121 cm³/mol. The second-order valence-corrected chi connectivity index (χ2v) is 10.2. The highest BCUT2D eigenvalue weighted by molar-refractivity contribution is 7.89. The smallest absolute Gasteiger partial charge is 0.246 e. The van der Waals surface area contributed by atoms with E-state index < -0.39 is 10.0 Å². The number of carbonyl (C=O) groups excluding carboxylic acids is 1. The minimum Gasteiger partial charge on any atom is -0.337 e. The van der Waals surface area contributed by atoms with Gasteiger partial charge in [-0.05, 0) is 45.0 Å². The SMILES string of the molecule is Cc1ccc(-c2noc(CN(C(=O)CN(C)S(=O)(=O)c3ccc(Cl)cc3)C(C)C)n2)cc1. The lowest BCUT2D eigenvalue weighted by molar-refractivity contribution is -0.134. The summed E-state index contributed by atoms with van der Waals surface area (Å²) in [6, 6.07) is 13.3. The van der Waals surface area contributed by atoms with E-state index in [1.807, 2.05) is 45.0 Å². The molecule has 32 heavy (non-hydrogen) atoms. The lowest BCUT2D eigenvalue weighted by Gasteiger charge is -2.27. The lowest BCUT2D eigenvalue weighted by atomic mass is 10.1. The second kappa shape index (κ2) is 9.81. The van der Waals surface area contributed by atoms with E-state index in [4.69, 9.17) is 16.1 Å². The Morgan fingerprint density at radius 1 is 1.09 bits per heavy atom. The van der Waals surface area contributed by atoms with Crippen molar-refractivity contribution in [1.82, 2.24) is 19.3 Å². The summed E-state index contributed by atoms with van der Waals surface area (Å²) in [6.45, 7) is 5.40. The molecule has 0 fully saturated rings. The van der Waals surface area contributed by atoms with Gasteiger partial charge in [-0.1, -0.05) is 46.6 Å². The maximum absolute atomic E-state index is 13.0. The van der Waals surface area contributed by atoms with Crippen LogP contribution in [0.5, 0.6) is 0 Å². The molecule has 3 rings (SSSR count). The summed E-state index contributed by atoms with van der Waals surface area (Å²) in [5, 5.41) is 4.42. The molecule has 0 radical (unpaired) electrons. The zero-order chi connectivity index (χ0) is 23.5. The monoisotopic (exact) mass is 476 g/mol. The van der Waals surface area contributed by atoms with Crippen molar-refractivity contribution in [3.8, 4) is 11.4 Å². The first-order valence-corrected chi connectivity index (χ1v) is 11.8. The largest absolute Gasteiger partial charge is 0.337 e. The summed E-state index contributed by atoms with van der Waals surface area (Å²) < 4.78 is 31.9. The average molecular weight is 477 g/mol. The van der Waals surface area contributed by atoms with E-state index in [-0.39, 0.29) is 35.8 Å². The van der Waals surface area contributed by atoms with Crippen LogP contribution in [0.3, 0.4) is 0 Å². The average Bonchev–Trinajstić information content (AvgIpc) is 3.21. The van der Waals surface area contributed by atoms with Crippen LogP contribution in [0.2, 0.25) is 5.02 Å². The third-order valence-electron chi connectivity index (χ3n) is 4.91. The van der Waals surface area contributed by atoms with E-state index in [2.05, 4.69) is 10.1 Å². The van der Waals surface area contributed by atoms with Gasteiger partial charge < -0.3 is 9.42 Å². The third kappa shape index (κ3) is 5.53. The van der Waals surface area contributed by atoms with E-state index in [1.54, 1.807) is 0 Å². The van der Waals surface area contributed by atoms with Crippen molar-refractivity contribution in [1.29, 1.82) is 0 Å². The number of likely N-dealkylation sites (N-methyl/N-ethyl adjacent to an activating group) is 1. The van der Waals surface area contributed by atoms with Crippen LogP contribution in [0.15, 0.2) is 57.9 Å². The molecule has 0 N–H and O–H groups in total. The van der Waals surface area contributed by atoms with Gasteiger partial charge in [-0.15, -0.1) is 0 Å². The number of hydrogen-bond donors (Lipinski definition) is 0. The number of aryl methyl sites for hydroxylation is 1. The first-order chi connectivity index (χ1) is 15.1. The third-order valence-corrected chi connectivity index (χ3v) is 6.98. The van der Waals surface area contributed by atoms with Gasteiger partial charge in [0.2, 0.25) is 27.6 Å². The molecule has 1 aromatic heterocycles. The number of carbonyl (C=O) groups is 1. The van der Waals surface area contributed by atoms with E-state index in [1.165, 1.54) is 36.2 Å². The van der Waals surface area contributed by atoms with Gasteiger partial charge in [0.15, 0.2) is 0 Å². The van der Waals surface area contributed by atoms with Crippen LogP contribution >= 0.6 is 11.6 Å². The van der Waals surface area contributed by atoms with Gasteiger partial charge in [0.05, 0.1) is 11.4 Å². The Hall–Kier alpha value is -2.75. The molecular weight excluding hydrogens is 452 g/mol. The van der Waals surface area contributed by atoms with E-state index in [0.29, 0.717) is 10.8 Å². The quantitative estimate of drug-likeness (QED) is 0.491. The molecule has 10 heteroatoms. The van der Waals surface area contributed by atoms with Crippen molar-refractivity contribution in [3.05, 3.63) is 65.0 Å². The fourth-order valence-electron chi connectivity index (χ4n) is 3.00. The molecule has 170 valence electrons. The molecule has 0 unspecified atom stereocenters. The molecule has 1 heterocycles. The van der Waals surface area contributed by atoms with Gasteiger partial charge in [0, 0.05) is 23.7 Å². The maximum Gasteiger partial charge on any atom is 0.246 e. The fraction of sp³-hybridized carbons (Fsp3) is 0.318. The van der Waals surface area contributed by atoms with Crippen molar-refractivity contribution in [2.24, 2.45) is 0 Å². The molecule has 0 aliphatic heterocycles. The summed E-state index contributed by atoms with van der Waals surface area (Å²) in [4.78, 5) is 18.9. The van der Waals surface area contributed by atoms with Crippen molar-refractivity contribution < 1.29 is 17.7 Å². The summed E-state index contributed by atoms with van der Waals surface area (Å²) in [5.74, 6) is 0.319. The molecule has 0 bridgehead atoms. The summed E-state index contributed by atoms with van der Waals surface area (Å²) in [6.07, 6.45) is 0. The van der Waals surface area contributed by atoms with E-state index >= 15 is 0 Å². The van der Waals surface area contributed by atoms with Gasteiger partial charge in [-0.3, -0.25) is 4.79 Å². The van der Waals surface area contributed by atoms with Gasteiger partial charge >= 0.3 is 0 Å². The van der Waals surface area contributed by atoms with Crippen LogP contribution < -0.4 is 0 Å². The molecule has 8 nitrogen and oxygen atoms in total. The molecule has 3 aromatic rings. The van der Waals surface area contributed by atoms with Crippen molar-refractivity contribution in [2.75, 3.05) is 13.6 Å². The Kier molecular flexibility index (Phi) is 7.33. The number of halogens is 1. The highest BCUT2D eigenvalue weighted by atomic mass is 35.5. The molecule has 0 atom stereocenters. The van der Waals surface area contributed by atoms with Crippen molar-refractivity contribution in [3.63, 3.8) is 0 Å². The number of amides is 1.